The van der Waals surface area contributed by atoms with Crippen molar-refractivity contribution in [1.82, 2.24) is 4.90 Å². The second-order valence-corrected chi connectivity index (χ2v) is 10.6. The Bertz CT molecular complexity index is 1010. The minimum absolute atomic E-state index is 0.180. The highest BCUT2D eigenvalue weighted by atomic mass is 35.5. The molecule has 3 amide bonds. The highest BCUT2D eigenvalue weighted by molar-refractivity contribution is 6.31. The molecule has 1 aliphatic heterocycles. The van der Waals surface area contributed by atoms with Crippen molar-refractivity contribution < 1.29 is 33.4 Å². The molecule has 1 heterocycles. The maximum Gasteiger partial charge on any atom is 0.338 e. The third-order valence-electron chi connectivity index (χ3n) is 6.68. The molecule has 1 aromatic carbocycles. The van der Waals surface area contributed by atoms with E-state index in [1.54, 1.807) is 0 Å². The first kappa shape index (κ1) is 25.4. The number of fused-ring (bicyclic) bond motifs is 5. The summed E-state index contributed by atoms with van der Waals surface area (Å²) in [6, 6.07) is 6.06. The number of alkyl halides is 2. The van der Waals surface area contributed by atoms with E-state index < -0.39 is 54.6 Å². The number of hydrogen-bond donors (Lipinski definition) is 1. The molecule has 9 nitrogen and oxygen atoms in total. The normalized spacial score (nSPS) is 28.9. The van der Waals surface area contributed by atoms with E-state index in [1.165, 1.54) is 24.3 Å². The smallest absolute Gasteiger partial charge is 0.338 e. The summed E-state index contributed by atoms with van der Waals surface area (Å²) in [6.07, 6.45) is 0.633. The van der Waals surface area contributed by atoms with Gasteiger partial charge < -0.3 is 14.8 Å². The molecule has 6 atom stereocenters. The maximum absolute atomic E-state index is 12.8. The third-order valence-corrected chi connectivity index (χ3v) is 8.00. The van der Waals surface area contributed by atoms with Gasteiger partial charge in [0, 0.05) is 5.69 Å². The van der Waals surface area contributed by atoms with Crippen molar-refractivity contribution >= 4 is 58.5 Å². The topological polar surface area (TPSA) is 119 Å². The summed E-state index contributed by atoms with van der Waals surface area (Å²) in [5.74, 6) is -4.06. The number of amides is 3. The van der Waals surface area contributed by atoms with Crippen molar-refractivity contribution in [2.75, 3.05) is 25.1 Å². The number of esters is 2. The number of rotatable bonds is 8. The second kappa shape index (κ2) is 10.1. The summed E-state index contributed by atoms with van der Waals surface area (Å²) in [5.41, 5.74) is 0.736. The van der Waals surface area contributed by atoms with Crippen molar-refractivity contribution in [3.63, 3.8) is 0 Å². The lowest BCUT2D eigenvalue weighted by molar-refractivity contribution is -0.154. The van der Waals surface area contributed by atoms with Crippen LogP contribution in [0.5, 0.6) is 0 Å². The predicted octanol–water partition coefficient (Wildman–Crippen LogP) is 2.45. The van der Waals surface area contributed by atoms with Gasteiger partial charge in [-0.1, -0.05) is 13.8 Å². The van der Waals surface area contributed by atoms with E-state index in [2.05, 4.69) is 5.32 Å². The van der Waals surface area contributed by atoms with Crippen LogP contribution in [0.2, 0.25) is 0 Å². The molecule has 11 heteroatoms. The quantitative estimate of drug-likeness (QED) is 0.315. The van der Waals surface area contributed by atoms with Gasteiger partial charge in [0.05, 0.1) is 34.8 Å². The van der Waals surface area contributed by atoms with Crippen LogP contribution < -0.4 is 5.32 Å². The summed E-state index contributed by atoms with van der Waals surface area (Å²) >= 11 is 12.6. The molecule has 2 aliphatic carbocycles. The fourth-order valence-electron chi connectivity index (χ4n) is 5.10. The van der Waals surface area contributed by atoms with Gasteiger partial charge in [0.25, 0.3) is 5.91 Å². The third kappa shape index (κ3) is 5.02. The van der Waals surface area contributed by atoms with E-state index in [9.17, 15) is 24.0 Å². The molecule has 1 saturated heterocycles. The number of likely N-dealkylation sites (tertiary alicyclic amines) is 1. The largest absolute Gasteiger partial charge is 0.462 e. The highest BCUT2D eigenvalue weighted by Crippen LogP contribution is 2.59. The number of ether oxygens (including phenoxy) is 2. The molecule has 3 aliphatic rings. The Balaban J connectivity index is 1.24. The molecule has 3 fully saturated rings. The Morgan fingerprint density at radius 3 is 2.11 bits per heavy atom. The number of carbonyl (C=O) groups is 5. The van der Waals surface area contributed by atoms with E-state index in [0.29, 0.717) is 24.3 Å². The molecule has 2 bridgehead atoms. The average molecular weight is 525 g/mol. The van der Waals surface area contributed by atoms with E-state index in [4.69, 9.17) is 32.7 Å². The fraction of sp³-hybridized carbons (Fsp3) is 0.542. The Hall–Kier alpha value is -2.65. The number of benzene rings is 1. The first-order chi connectivity index (χ1) is 16.6. The molecular weight excluding hydrogens is 499 g/mol. The van der Waals surface area contributed by atoms with Crippen molar-refractivity contribution in [3.05, 3.63) is 29.8 Å². The zero-order valence-corrected chi connectivity index (χ0v) is 20.8. The summed E-state index contributed by atoms with van der Waals surface area (Å²) in [6.45, 7) is 3.00. The van der Waals surface area contributed by atoms with E-state index in [0.717, 1.165) is 4.90 Å². The lowest BCUT2D eigenvalue weighted by Crippen LogP contribution is -2.38. The number of nitrogens with zero attached hydrogens (tertiary/aromatic N) is 1. The summed E-state index contributed by atoms with van der Waals surface area (Å²) < 4.78 is 10.1. The predicted molar refractivity (Wildman–Crippen MR) is 126 cm³/mol. The molecule has 0 spiro atoms. The molecule has 188 valence electrons. The maximum atomic E-state index is 12.8. The highest BCUT2D eigenvalue weighted by Gasteiger charge is 2.66. The van der Waals surface area contributed by atoms with Gasteiger partial charge in [-0.25, -0.2) is 4.79 Å². The molecule has 0 aromatic heterocycles. The lowest BCUT2D eigenvalue weighted by Gasteiger charge is -2.28. The summed E-state index contributed by atoms with van der Waals surface area (Å²) in [7, 11) is 0. The van der Waals surface area contributed by atoms with Crippen LogP contribution in [0.1, 0.15) is 30.6 Å². The number of halogens is 2. The van der Waals surface area contributed by atoms with Crippen LogP contribution in [0.4, 0.5) is 5.69 Å². The Kier molecular flexibility index (Phi) is 7.38. The number of imide groups is 1. The molecule has 0 unspecified atom stereocenters. The number of hydrogen-bond acceptors (Lipinski definition) is 7. The number of anilines is 1. The Morgan fingerprint density at radius 2 is 1.57 bits per heavy atom. The Labute approximate surface area is 212 Å². The first-order valence-electron chi connectivity index (χ1n) is 11.4. The second-order valence-electron chi connectivity index (χ2n) is 9.54. The van der Waals surface area contributed by atoms with Gasteiger partial charge in [-0.05, 0) is 48.4 Å². The van der Waals surface area contributed by atoms with Crippen LogP contribution in [0.15, 0.2) is 24.3 Å². The molecule has 1 N–H and O–H groups in total. The summed E-state index contributed by atoms with van der Waals surface area (Å²) in [4.78, 5) is 62.8. The van der Waals surface area contributed by atoms with Crippen molar-refractivity contribution in [2.45, 2.75) is 31.0 Å². The van der Waals surface area contributed by atoms with Crippen molar-refractivity contribution in [1.29, 1.82) is 0 Å². The van der Waals surface area contributed by atoms with Crippen LogP contribution in [-0.2, 0) is 28.7 Å². The van der Waals surface area contributed by atoms with Crippen LogP contribution in [0.3, 0.4) is 0 Å². The van der Waals surface area contributed by atoms with Gasteiger partial charge in [-0.2, -0.15) is 0 Å². The minimum atomic E-state index is -0.873. The standard InChI is InChI=1S/C24H26Cl2N2O7/c1-11(2)9-35-24(33)12-3-5-13(6-4-12)27-16(29)10-34-17(30)8-28-22(31)18-14-7-15(19(18)23(28)32)21(26)20(14)25/h3-6,11,14-15,18-21H,7-10H2,1-2H3,(H,27,29)/t14-,15-,18-,19+,20+,21+/m1/s1. The number of carbonyl (C=O) groups excluding carboxylic acids is 5. The first-order valence-corrected chi connectivity index (χ1v) is 12.3. The van der Waals surface area contributed by atoms with Crippen LogP contribution >= 0.6 is 23.2 Å². The van der Waals surface area contributed by atoms with Gasteiger partial charge in [-0.3, -0.25) is 24.1 Å². The lowest BCUT2D eigenvalue weighted by atomic mass is 9.80. The van der Waals surface area contributed by atoms with E-state index in [1.807, 2.05) is 13.8 Å². The van der Waals surface area contributed by atoms with Gasteiger partial charge in [0.15, 0.2) is 6.61 Å². The SMILES string of the molecule is CC(C)COC(=O)c1ccc(NC(=O)COC(=O)CN2C(=O)[C@@H]3[C@H]4C[C@@H]([C@H](Cl)[C@H]4Cl)[C@@H]3C2=O)cc1. The van der Waals surface area contributed by atoms with Gasteiger partial charge in [0.2, 0.25) is 11.8 Å². The van der Waals surface area contributed by atoms with Gasteiger partial charge in [-0.15, -0.1) is 23.2 Å². The molecule has 1 aromatic rings. The van der Waals surface area contributed by atoms with Crippen LogP contribution in [0.25, 0.3) is 0 Å². The molecule has 35 heavy (non-hydrogen) atoms. The monoisotopic (exact) mass is 524 g/mol. The van der Waals surface area contributed by atoms with Gasteiger partial charge in [0.1, 0.15) is 6.54 Å². The van der Waals surface area contributed by atoms with Crippen LogP contribution in [-0.4, -0.2) is 65.1 Å². The Morgan fingerprint density at radius 1 is 1.00 bits per heavy atom. The zero-order chi connectivity index (χ0) is 25.4. The number of nitrogens with one attached hydrogen (secondary N) is 1. The van der Waals surface area contributed by atoms with E-state index >= 15 is 0 Å². The minimum Gasteiger partial charge on any atom is -0.462 e. The molecule has 0 radical (unpaired) electrons. The van der Waals surface area contributed by atoms with E-state index in [-0.39, 0.29) is 28.5 Å². The van der Waals surface area contributed by atoms with Crippen LogP contribution in [0, 0.1) is 29.6 Å². The van der Waals surface area contributed by atoms with Gasteiger partial charge >= 0.3 is 11.9 Å². The average Bonchev–Trinajstić information content (AvgIpc) is 3.43. The summed E-state index contributed by atoms with van der Waals surface area (Å²) in [5, 5.41) is 1.78. The van der Waals surface area contributed by atoms with Crippen molar-refractivity contribution in [2.24, 2.45) is 29.6 Å². The zero-order valence-electron chi connectivity index (χ0n) is 19.2. The van der Waals surface area contributed by atoms with Crippen molar-refractivity contribution in [3.8, 4) is 0 Å². The molecule has 2 saturated carbocycles. The molecule has 4 rings (SSSR count). The fourth-order valence-corrected chi connectivity index (χ4v) is 5.99. The molecular formula is C24H26Cl2N2O7.